The highest BCUT2D eigenvalue weighted by Gasteiger charge is 2.28. The van der Waals surface area contributed by atoms with Gasteiger partial charge in [-0.25, -0.2) is 8.42 Å². The van der Waals surface area contributed by atoms with Gasteiger partial charge in [0.1, 0.15) is 0 Å². The molecule has 6 nitrogen and oxygen atoms in total. The van der Waals surface area contributed by atoms with E-state index in [0.717, 1.165) is 12.8 Å². The normalized spacial score (nSPS) is 25.8. The fraction of sp³-hybridized carbons (Fsp3) is 0.857. The largest absolute Gasteiger partial charge is 0.356 e. The lowest BCUT2D eigenvalue weighted by Crippen LogP contribution is -2.42. The maximum atomic E-state index is 12.0. The molecule has 2 aliphatic heterocycles. The molecule has 2 heterocycles. The molecule has 0 aromatic heterocycles. The summed E-state index contributed by atoms with van der Waals surface area (Å²) in [6, 6.07) is 0. The summed E-state index contributed by atoms with van der Waals surface area (Å²) in [7, 11) is -2.83. The third-order valence-corrected chi connectivity index (χ3v) is 6.33. The summed E-state index contributed by atoms with van der Waals surface area (Å²) in [5, 5.41) is 2.91. The van der Waals surface area contributed by atoms with Crippen molar-refractivity contribution in [2.75, 3.05) is 31.1 Å². The molecule has 2 saturated heterocycles. The van der Waals surface area contributed by atoms with Gasteiger partial charge in [0.2, 0.25) is 11.8 Å². The average Bonchev–Trinajstić information content (AvgIpc) is 2.78. The molecule has 1 atom stereocenters. The van der Waals surface area contributed by atoms with Crippen molar-refractivity contribution in [3.8, 4) is 0 Å². The Bertz CT molecular complexity index is 495. The summed E-state index contributed by atoms with van der Waals surface area (Å²) in [5.41, 5.74) is 0. The molecule has 1 N–H and O–H groups in total. The quantitative estimate of drug-likeness (QED) is 0.802. The fourth-order valence-electron chi connectivity index (χ4n) is 3.10. The Balaban J connectivity index is 1.65. The molecule has 0 spiro atoms. The van der Waals surface area contributed by atoms with E-state index in [1.54, 1.807) is 11.8 Å². The van der Waals surface area contributed by atoms with Crippen molar-refractivity contribution in [2.45, 2.75) is 32.6 Å². The van der Waals surface area contributed by atoms with E-state index in [0.29, 0.717) is 32.5 Å². The van der Waals surface area contributed by atoms with Crippen LogP contribution in [0.3, 0.4) is 0 Å². The van der Waals surface area contributed by atoms with Gasteiger partial charge in [-0.3, -0.25) is 9.59 Å². The second-order valence-corrected chi connectivity index (χ2v) is 8.36. The first-order valence-electron chi connectivity index (χ1n) is 7.61. The van der Waals surface area contributed by atoms with Crippen LogP contribution in [-0.4, -0.2) is 56.3 Å². The Hall–Kier alpha value is -1.11. The third kappa shape index (κ3) is 4.69. The molecule has 2 rings (SSSR count). The lowest BCUT2D eigenvalue weighted by atomic mass is 9.95. The van der Waals surface area contributed by atoms with E-state index in [4.69, 9.17) is 0 Å². The number of rotatable bonds is 4. The molecule has 0 bridgehead atoms. The number of carbonyl (C=O) groups is 2. The van der Waals surface area contributed by atoms with Gasteiger partial charge in [0.25, 0.3) is 0 Å². The van der Waals surface area contributed by atoms with Gasteiger partial charge in [0.05, 0.1) is 11.5 Å². The number of nitrogens with zero attached hydrogens (tertiary/aromatic N) is 1. The van der Waals surface area contributed by atoms with Gasteiger partial charge in [0.15, 0.2) is 9.84 Å². The topological polar surface area (TPSA) is 83.6 Å². The van der Waals surface area contributed by atoms with Gasteiger partial charge >= 0.3 is 0 Å². The molecule has 120 valence electrons. The Labute approximate surface area is 126 Å². The molecule has 0 aromatic rings. The molecule has 1 unspecified atom stereocenters. The Kier molecular flexibility index (Phi) is 5.24. The fourth-order valence-corrected chi connectivity index (χ4v) is 5.01. The zero-order valence-corrected chi connectivity index (χ0v) is 13.3. The molecule has 21 heavy (non-hydrogen) atoms. The van der Waals surface area contributed by atoms with Crippen LogP contribution in [0.15, 0.2) is 0 Å². The van der Waals surface area contributed by atoms with Crippen LogP contribution in [0.5, 0.6) is 0 Å². The number of hydrogen-bond donors (Lipinski definition) is 1. The summed E-state index contributed by atoms with van der Waals surface area (Å²) in [6.07, 6.45) is 2.87. The van der Waals surface area contributed by atoms with Crippen LogP contribution in [0.1, 0.15) is 32.6 Å². The molecule has 2 fully saturated rings. The van der Waals surface area contributed by atoms with E-state index in [1.165, 1.54) is 0 Å². The minimum Gasteiger partial charge on any atom is -0.356 e. The Morgan fingerprint density at radius 2 is 1.86 bits per heavy atom. The smallest absolute Gasteiger partial charge is 0.223 e. The van der Waals surface area contributed by atoms with E-state index in [9.17, 15) is 18.0 Å². The number of piperidine rings is 1. The molecule has 0 aliphatic carbocycles. The maximum Gasteiger partial charge on any atom is 0.223 e. The van der Waals surface area contributed by atoms with Crippen molar-refractivity contribution < 1.29 is 18.0 Å². The summed E-state index contributed by atoms with van der Waals surface area (Å²) < 4.78 is 22.7. The second-order valence-electron chi connectivity index (χ2n) is 6.13. The Morgan fingerprint density at radius 3 is 2.38 bits per heavy atom. The van der Waals surface area contributed by atoms with E-state index in [-0.39, 0.29) is 35.2 Å². The lowest BCUT2D eigenvalue weighted by Gasteiger charge is -2.30. The van der Waals surface area contributed by atoms with Gasteiger partial charge in [0, 0.05) is 32.5 Å². The highest BCUT2D eigenvalue weighted by Crippen LogP contribution is 2.21. The maximum absolute atomic E-state index is 12.0. The SMILES string of the molecule is CC(=O)N1CCC(C(=O)NCCC2CCS(=O)(=O)C2)CC1. The summed E-state index contributed by atoms with van der Waals surface area (Å²) in [4.78, 5) is 25.0. The zero-order valence-electron chi connectivity index (χ0n) is 12.5. The van der Waals surface area contributed by atoms with E-state index >= 15 is 0 Å². The third-order valence-electron chi connectivity index (χ3n) is 4.49. The van der Waals surface area contributed by atoms with Crippen LogP contribution < -0.4 is 5.32 Å². The van der Waals surface area contributed by atoms with Gasteiger partial charge < -0.3 is 10.2 Å². The predicted octanol–water partition coefficient (Wildman–Crippen LogP) is 0.186. The minimum absolute atomic E-state index is 0.0205. The van der Waals surface area contributed by atoms with Crippen LogP contribution in [0.25, 0.3) is 0 Å². The van der Waals surface area contributed by atoms with Crippen molar-refractivity contribution in [1.29, 1.82) is 0 Å². The van der Waals surface area contributed by atoms with Crippen molar-refractivity contribution in [3.63, 3.8) is 0 Å². The van der Waals surface area contributed by atoms with E-state index in [1.807, 2.05) is 0 Å². The monoisotopic (exact) mass is 316 g/mol. The number of sulfone groups is 1. The van der Waals surface area contributed by atoms with Crippen LogP contribution in [-0.2, 0) is 19.4 Å². The summed E-state index contributed by atoms with van der Waals surface area (Å²) in [5.74, 6) is 0.827. The van der Waals surface area contributed by atoms with E-state index < -0.39 is 9.84 Å². The number of hydrogen-bond acceptors (Lipinski definition) is 4. The lowest BCUT2D eigenvalue weighted by molar-refractivity contribution is -0.133. The molecular formula is C14H24N2O4S. The van der Waals surface area contributed by atoms with E-state index in [2.05, 4.69) is 5.32 Å². The van der Waals surface area contributed by atoms with Crippen LogP contribution in [0.4, 0.5) is 0 Å². The molecule has 0 saturated carbocycles. The molecule has 7 heteroatoms. The zero-order chi connectivity index (χ0) is 15.5. The highest BCUT2D eigenvalue weighted by molar-refractivity contribution is 7.91. The van der Waals surface area contributed by atoms with Crippen molar-refractivity contribution in [2.24, 2.45) is 11.8 Å². The van der Waals surface area contributed by atoms with Crippen molar-refractivity contribution in [3.05, 3.63) is 0 Å². The molecule has 2 aliphatic rings. The van der Waals surface area contributed by atoms with Crippen LogP contribution in [0.2, 0.25) is 0 Å². The van der Waals surface area contributed by atoms with Crippen LogP contribution >= 0.6 is 0 Å². The standard InChI is InChI=1S/C14H24N2O4S/c1-11(17)16-7-3-13(4-8-16)14(18)15-6-2-12-5-9-21(19,20)10-12/h12-13H,2-10H2,1H3,(H,15,18). The molecule has 0 aromatic carbocycles. The summed E-state index contributed by atoms with van der Waals surface area (Å²) in [6.45, 7) is 3.39. The molecule has 0 radical (unpaired) electrons. The average molecular weight is 316 g/mol. The van der Waals surface area contributed by atoms with Crippen molar-refractivity contribution in [1.82, 2.24) is 10.2 Å². The Morgan fingerprint density at radius 1 is 1.19 bits per heavy atom. The number of likely N-dealkylation sites (tertiary alicyclic amines) is 1. The van der Waals surface area contributed by atoms with Gasteiger partial charge in [-0.15, -0.1) is 0 Å². The number of nitrogens with one attached hydrogen (secondary N) is 1. The predicted molar refractivity (Wildman–Crippen MR) is 79.4 cm³/mol. The van der Waals surface area contributed by atoms with Gasteiger partial charge in [-0.2, -0.15) is 0 Å². The number of carbonyl (C=O) groups excluding carboxylic acids is 2. The first-order chi connectivity index (χ1) is 9.87. The van der Waals surface area contributed by atoms with Crippen LogP contribution in [0, 0.1) is 11.8 Å². The van der Waals surface area contributed by atoms with Crippen molar-refractivity contribution >= 4 is 21.7 Å². The first-order valence-corrected chi connectivity index (χ1v) is 9.43. The second kappa shape index (κ2) is 6.77. The minimum atomic E-state index is -2.83. The van der Waals surface area contributed by atoms with Gasteiger partial charge in [-0.1, -0.05) is 0 Å². The van der Waals surface area contributed by atoms with Gasteiger partial charge in [-0.05, 0) is 31.6 Å². The summed E-state index contributed by atoms with van der Waals surface area (Å²) >= 11 is 0. The number of amides is 2. The molecular weight excluding hydrogens is 292 g/mol. The molecule has 2 amide bonds. The highest BCUT2D eigenvalue weighted by atomic mass is 32.2. The first kappa shape index (κ1) is 16.3.